The Bertz CT molecular complexity index is 708. The maximum atomic E-state index is 11.8. The summed E-state index contributed by atoms with van der Waals surface area (Å²) >= 11 is 0. The van der Waals surface area contributed by atoms with Crippen LogP contribution in [-0.4, -0.2) is 76.1 Å². The summed E-state index contributed by atoms with van der Waals surface area (Å²) in [6, 6.07) is -0.944. The second-order valence-corrected chi connectivity index (χ2v) is 6.57. The van der Waals surface area contributed by atoms with E-state index in [2.05, 4.69) is 15.0 Å². The van der Waals surface area contributed by atoms with E-state index < -0.39 is 50.9 Å². The highest BCUT2D eigenvalue weighted by atomic mass is 31.2. The quantitative estimate of drug-likeness (QED) is 0.460. The predicted octanol–water partition coefficient (Wildman–Crippen LogP) is -2.45. The molecule has 0 spiro atoms. The second-order valence-electron chi connectivity index (χ2n) is 5.21. The number of rotatable bonds is 2. The van der Waals surface area contributed by atoms with Crippen molar-refractivity contribution in [2.75, 3.05) is 6.61 Å². The zero-order valence-corrected chi connectivity index (χ0v) is 12.3. The van der Waals surface area contributed by atoms with Gasteiger partial charge < -0.3 is 20.5 Å². The average molecular weight is 345 g/mol. The molecule has 0 aromatic heterocycles. The third-order valence-corrected chi connectivity index (χ3v) is 4.81. The minimum Gasteiger partial charge on any atom is -0.394 e. The van der Waals surface area contributed by atoms with Gasteiger partial charge in [0.2, 0.25) is 5.96 Å². The molecule has 0 aliphatic carbocycles. The number of nitrogens with two attached hydrogens (primary N) is 1. The lowest BCUT2D eigenvalue weighted by atomic mass is 10.1. The Morgan fingerprint density at radius 1 is 1.35 bits per heavy atom. The Morgan fingerprint density at radius 2 is 2.09 bits per heavy atom. The number of hydrogen-bond acceptors (Lipinski definition) is 10. The largest absolute Gasteiger partial charge is 0.473 e. The lowest BCUT2D eigenvalue weighted by molar-refractivity contribution is -0.117. The Morgan fingerprint density at radius 3 is 2.83 bits per heavy atom. The number of aliphatic hydroxyl groups excluding tert-OH is 1. The number of phosphoric acid groups is 1. The summed E-state index contributed by atoms with van der Waals surface area (Å²) in [5.41, 5.74) is 5.48. The van der Waals surface area contributed by atoms with Crippen LogP contribution in [0.3, 0.4) is 0 Å². The molecule has 4 aliphatic heterocycles. The van der Waals surface area contributed by atoms with E-state index >= 15 is 0 Å². The van der Waals surface area contributed by atoms with Crippen molar-refractivity contribution in [1.82, 2.24) is 4.90 Å². The van der Waals surface area contributed by atoms with Gasteiger partial charge >= 0.3 is 7.82 Å². The van der Waals surface area contributed by atoms with Crippen LogP contribution in [0.5, 0.6) is 0 Å². The molecule has 4 rings (SSSR count). The third-order valence-electron chi connectivity index (χ3n) is 3.79. The van der Waals surface area contributed by atoms with E-state index in [0.717, 1.165) is 0 Å². The first kappa shape index (κ1) is 14.9. The van der Waals surface area contributed by atoms with Gasteiger partial charge in [0, 0.05) is 0 Å². The van der Waals surface area contributed by atoms with Crippen LogP contribution in [0.15, 0.2) is 15.0 Å². The van der Waals surface area contributed by atoms with Gasteiger partial charge in [0.1, 0.15) is 18.3 Å². The summed E-state index contributed by atoms with van der Waals surface area (Å²) in [6.45, 7) is -0.440. The maximum Gasteiger partial charge on any atom is 0.473 e. The number of ether oxygens (including phenoxy) is 1. The van der Waals surface area contributed by atoms with E-state index in [0.29, 0.717) is 0 Å². The summed E-state index contributed by atoms with van der Waals surface area (Å²) < 4.78 is 27.2. The number of aliphatic imine (C=N–C) groups is 3. The number of fused-ring (bicyclic) bond motifs is 2. The summed E-state index contributed by atoms with van der Waals surface area (Å²) in [4.78, 5) is 34.1. The number of hydrogen-bond donors (Lipinski definition) is 3. The van der Waals surface area contributed by atoms with Crippen LogP contribution >= 0.6 is 7.82 Å². The topological polar surface area (TPSA) is 169 Å². The number of guanidine groups is 1. The molecule has 23 heavy (non-hydrogen) atoms. The predicted molar refractivity (Wildman–Crippen MR) is 73.5 cm³/mol. The molecular formula is C10H12N5O7P. The van der Waals surface area contributed by atoms with Crippen LogP contribution in [0.1, 0.15) is 0 Å². The molecule has 4 aliphatic rings. The lowest BCUT2D eigenvalue weighted by Crippen LogP contribution is -2.48. The Labute approximate surface area is 128 Å². The fraction of sp³-hybridized carbons (Fsp3) is 0.600. The molecule has 4 heterocycles. The van der Waals surface area contributed by atoms with Crippen LogP contribution in [-0.2, 0) is 23.1 Å². The van der Waals surface area contributed by atoms with Crippen LogP contribution < -0.4 is 5.73 Å². The Kier molecular flexibility index (Phi) is 3.17. The number of amidine groups is 1. The van der Waals surface area contributed by atoms with Crippen molar-refractivity contribution in [1.29, 1.82) is 0 Å². The number of aliphatic hydroxyl groups is 1. The van der Waals surface area contributed by atoms with E-state index in [9.17, 15) is 19.4 Å². The SMILES string of the molecule is NC1=NC(=O)C2N=CN(C3OC(CO)C4OP(=O)(O)OC43)C2=N1. The van der Waals surface area contributed by atoms with Gasteiger partial charge in [0.15, 0.2) is 18.1 Å². The molecule has 12 nitrogen and oxygen atoms in total. The van der Waals surface area contributed by atoms with Gasteiger partial charge in [0.05, 0.1) is 12.9 Å². The molecule has 0 aromatic carbocycles. The molecule has 2 fully saturated rings. The first-order valence-corrected chi connectivity index (χ1v) is 8.13. The van der Waals surface area contributed by atoms with Gasteiger partial charge in [-0.1, -0.05) is 0 Å². The molecule has 0 radical (unpaired) electrons. The molecule has 1 amide bonds. The van der Waals surface area contributed by atoms with Gasteiger partial charge in [0.25, 0.3) is 5.91 Å². The normalized spacial score (nSPS) is 45.0. The lowest BCUT2D eigenvalue weighted by Gasteiger charge is -2.27. The fourth-order valence-electron chi connectivity index (χ4n) is 2.86. The van der Waals surface area contributed by atoms with Crippen molar-refractivity contribution < 1.29 is 33.1 Å². The minimum atomic E-state index is -4.23. The number of carbonyl (C=O) groups is 1. The summed E-state index contributed by atoms with van der Waals surface area (Å²) in [5.74, 6) is -0.620. The van der Waals surface area contributed by atoms with Crippen LogP contribution in [0, 0.1) is 0 Å². The van der Waals surface area contributed by atoms with Crippen molar-refractivity contribution in [3.8, 4) is 0 Å². The van der Waals surface area contributed by atoms with E-state index in [1.165, 1.54) is 11.2 Å². The monoisotopic (exact) mass is 345 g/mol. The van der Waals surface area contributed by atoms with Gasteiger partial charge in [-0.05, 0) is 0 Å². The molecule has 124 valence electrons. The summed E-state index contributed by atoms with van der Waals surface area (Å²) in [6.07, 6.45) is -2.43. The fourth-order valence-corrected chi connectivity index (χ4v) is 4.01. The zero-order chi connectivity index (χ0) is 16.4. The molecule has 0 bridgehead atoms. The molecule has 0 saturated carbocycles. The van der Waals surface area contributed by atoms with Crippen molar-refractivity contribution >= 4 is 31.9 Å². The molecule has 0 aromatic rings. The first-order valence-electron chi connectivity index (χ1n) is 6.64. The molecular weight excluding hydrogens is 333 g/mol. The standard InChI is InChI=1S/C10H12N5O7P/c11-10-13-7-4(8(17)14-10)12-2-15(7)9-6-5(3(1-16)20-9)21-23(18,19)22-6/h2-6,9,16H,1H2,(H,18,19)(H2,11,14,17). The van der Waals surface area contributed by atoms with Crippen molar-refractivity contribution in [3.63, 3.8) is 0 Å². The highest BCUT2D eigenvalue weighted by molar-refractivity contribution is 7.47. The zero-order valence-electron chi connectivity index (χ0n) is 11.4. The molecule has 2 saturated heterocycles. The van der Waals surface area contributed by atoms with Gasteiger partial charge in [-0.3, -0.25) is 23.7 Å². The smallest absolute Gasteiger partial charge is 0.394 e. The molecule has 6 unspecified atom stereocenters. The highest BCUT2D eigenvalue weighted by Gasteiger charge is 2.59. The van der Waals surface area contributed by atoms with E-state index in [1.807, 2.05) is 0 Å². The van der Waals surface area contributed by atoms with E-state index in [-0.39, 0.29) is 11.8 Å². The minimum absolute atomic E-state index is 0.174. The van der Waals surface area contributed by atoms with Crippen LogP contribution in [0.4, 0.5) is 0 Å². The average Bonchev–Trinajstić information content (AvgIpc) is 3.09. The van der Waals surface area contributed by atoms with Crippen molar-refractivity contribution in [3.05, 3.63) is 0 Å². The number of amides is 1. The van der Waals surface area contributed by atoms with E-state index in [4.69, 9.17) is 19.5 Å². The number of nitrogens with zero attached hydrogens (tertiary/aromatic N) is 4. The molecule has 4 N–H and O–H groups in total. The highest BCUT2D eigenvalue weighted by Crippen LogP contribution is 2.57. The molecule has 6 atom stereocenters. The summed E-state index contributed by atoms with van der Waals surface area (Å²) in [5, 5.41) is 9.35. The number of carbonyl (C=O) groups excluding carboxylic acids is 1. The molecule has 13 heteroatoms. The van der Waals surface area contributed by atoms with Crippen molar-refractivity contribution in [2.45, 2.75) is 30.6 Å². The Balaban J connectivity index is 1.66. The van der Waals surface area contributed by atoms with E-state index in [1.54, 1.807) is 0 Å². The second kappa shape index (κ2) is 4.90. The third kappa shape index (κ3) is 2.23. The van der Waals surface area contributed by atoms with Crippen LogP contribution in [0.2, 0.25) is 0 Å². The Hall–Kier alpha value is -1.69. The van der Waals surface area contributed by atoms with Crippen molar-refractivity contribution in [2.24, 2.45) is 20.7 Å². The summed E-state index contributed by atoms with van der Waals surface area (Å²) in [7, 11) is -4.23. The van der Waals surface area contributed by atoms with Gasteiger partial charge in [-0.25, -0.2) is 4.57 Å². The first-order chi connectivity index (χ1) is 10.9. The van der Waals surface area contributed by atoms with Crippen LogP contribution in [0.25, 0.3) is 0 Å². The number of phosphoric ester groups is 1. The maximum absolute atomic E-state index is 11.8. The van der Waals surface area contributed by atoms with Gasteiger partial charge in [-0.2, -0.15) is 9.98 Å². The van der Waals surface area contributed by atoms with Gasteiger partial charge in [-0.15, -0.1) is 0 Å².